The van der Waals surface area contributed by atoms with E-state index in [-0.39, 0.29) is 0 Å². The Morgan fingerprint density at radius 3 is 3.08 bits per heavy atom. The first-order chi connectivity index (χ1) is 5.79. The molecule has 0 bridgehead atoms. The minimum atomic E-state index is 0.438. The van der Waals surface area contributed by atoms with Crippen molar-refractivity contribution < 1.29 is 4.42 Å². The largest absolute Gasteiger partial charge is 0.431 e. The van der Waals surface area contributed by atoms with E-state index in [1.54, 1.807) is 18.2 Å². The van der Waals surface area contributed by atoms with Gasteiger partial charge in [-0.2, -0.15) is 5.26 Å². The van der Waals surface area contributed by atoms with Crippen molar-refractivity contribution >= 4 is 27.0 Å². The maximum atomic E-state index is 8.58. The quantitative estimate of drug-likeness (QED) is 0.689. The van der Waals surface area contributed by atoms with Gasteiger partial charge in [0.05, 0.1) is 11.6 Å². The van der Waals surface area contributed by atoms with Gasteiger partial charge in [0.2, 0.25) is 0 Å². The highest BCUT2D eigenvalue weighted by molar-refractivity contribution is 9.10. The van der Waals surface area contributed by atoms with Crippen LogP contribution < -0.4 is 0 Å². The summed E-state index contributed by atoms with van der Waals surface area (Å²) >= 11 is 3.11. The summed E-state index contributed by atoms with van der Waals surface area (Å²) < 4.78 is 5.16. The highest BCUT2D eigenvalue weighted by Crippen LogP contribution is 2.19. The number of halogens is 1. The molecule has 4 heteroatoms. The number of hydrogen-bond donors (Lipinski definition) is 0. The van der Waals surface area contributed by atoms with E-state index in [2.05, 4.69) is 20.9 Å². The molecular weight excluding hydrogens is 220 g/mol. The number of aromatic nitrogens is 1. The third-order valence-electron chi connectivity index (χ3n) is 1.49. The van der Waals surface area contributed by atoms with Crippen LogP contribution >= 0.6 is 15.9 Å². The van der Waals surface area contributed by atoms with Gasteiger partial charge in [0.25, 0.3) is 4.80 Å². The topological polar surface area (TPSA) is 49.8 Å². The fraction of sp³-hybridized carbons (Fsp3) is 0. The summed E-state index contributed by atoms with van der Waals surface area (Å²) in [6.45, 7) is 0. The number of benzene rings is 1. The van der Waals surface area contributed by atoms with Crippen LogP contribution in [0.1, 0.15) is 5.56 Å². The van der Waals surface area contributed by atoms with E-state index in [1.165, 1.54) is 0 Å². The van der Waals surface area contributed by atoms with Crippen LogP contribution in [-0.4, -0.2) is 4.98 Å². The van der Waals surface area contributed by atoms with Gasteiger partial charge in [0, 0.05) is 15.9 Å². The molecule has 0 aliphatic carbocycles. The van der Waals surface area contributed by atoms with Gasteiger partial charge in [0.1, 0.15) is 5.52 Å². The minimum Gasteiger partial charge on any atom is -0.431 e. The third-order valence-corrected chi connectivity index (χ3v) is 1.83. The second-order valence-electron chi connectivity index (χ2n) is 2.26. The minimum absolute atomic E-state index is 0.438. The van der Waals surface area contributed by atoms with E-state index in [9.17, 15) is 0 Å². The van der Waals surface area contributed by atoms with Crippen molar-refractivity contribution in [2.24, 2.45) is 0 Å². The zero-order chi connectivity index (χ0) is 8.55. The van der Waals surface area contributed by atoms with Crippen LogP contribution in [0.4, 0.5) is 0 Å². The Morgan fingerprint density at radius 1 is 1.50 bits per heavy atom. The molecule has 0 aliphatic heterocycles. The lowest BCUT2D eigenvalue weighted by Gasteiger charge is -1.85. The Morgan fingerprint density at radius 2 is 2.33 bits per heavy atom. The number of hydrogen-bond acceptors (Lipinski definition) is 3. The number of nitriles is 1. The standard InChI is InChI=1S/C8H3BrN2O/c9-8-11-6-3-5(4-10)1-2-7(6)12-8/h1-3H. The van der Waals surface area contributed by atoms with E-state index < -0.39 is 0 Å². The fourth-order valence-electron chi connectivity index (χ4n) is 0.969. The van der Waals surface area contributed by atoms with Gasteiger partial charge >= 0.3 is 0 Å². The van der Waals surface area contributed by atoms with Gasteiger partial charge in [-0.3, -0.25) is 0 Å². The van der Waals surface area contributed by atoms with Crippen LogP contribution in [0.3, 0.4) is 0 Å². The van der Waals surface area contributed by atoms with Gasteiger partial charge in [-0.15, -0.1) is 0 Å². The van der Waals surface area contributed by atoms with Crippen LogP contribution in [0.2, 0.25) is 0 Å². The van der Waals surface area contributed by atoms with Gasteiger partial charge < -0.3 is 4.42 Å². The number of nitrogens with zero attached hydrogens (tertiary/aromatic N) is 2. The van der Waals surface area contributed by atoms with Crippen LogP contribution in [-0.2, 0) is 0 Å². The lowest BCUT2D eigenvalue weighted by molar-refractivity contribution is 0.570. The highest BCUT2D eigenvalue weighted by Gasteiger charge is 2.02. The Labute approximate surface area is 76.8 Å². The van der Waals surface area contributed by atoms with Crippen molar-refractivity contribution in [2.75, 3.05) is 0 Å². The summed E-state index contributed by atoms with van der Waals surface area (Å²) in [5.74, 6) is 0. The Bertz CT molecular complexity index is 469. The van der Waals surface area contributed by atoms with Gasteiger partial charge in [-0.1, -0.05) is 0 Å². The SMILES string of the molecule is N#Cc1ccc2oc(Br)nc2c1. The molecule has 12 heavy (non-hydrogen) atoms. The molecule has 0 N–H and O–H groups in total. The van der Waals surface area contributed by atoms with Crippen LogP contribution in [0.5, 0.6) is 0 Å². The molecule has 0 aliphatic rings. The predicted molar refractivity (Wildman–Crippen MR) is 46.4 cm³/mol. The molecule has 3 nitrogen and oxygen atoms in total. The molecular formula is C8H3BrN2O. The Hall–Kier alpha value is -1.34. The summed E-state index contributed by atoms with van der Waals surface area (Å²) in [6, 6.07) is 7.14. The molecule has 0 atom stereocenters. The van der Waals surface area contributed by atoms with Crippen molar-refractivity contribution in [2.45, 2.75) is 0 Å². The van der Waals surface area contributed by atoms with Gasteiger partial charge in [-0.05, 0) is 18.2 Å². The summed E-state index contributed by atoms with van der Waals surface area (Å²) in [5, 5.41) is 8.58. The fourth-order valence-corrected chi connectivity index (χ4v) is 1.33. The first-order valence-electron chi connectivity index (χ1n) is 3.26. The monoisotopic (exact) mass is 222 g/mol. The first-order valence-corrected chi connectivity index (χ1v) is 4.05. The highest BCUT2D eigenvalue weighted by atomic mass is 79.9. The summed E-state index contributed by atoms with van der Waals surface area (Å²) in [4.78, 5) is 4.46. The number of fused-ring (bicyclic) bond motifs is 1. The molecule has 1 heterocycles. The Kier molecular flexibility index (Phi) is 1.59. The predicted octanol–water partition coefficient (Wildman–Crippen LogP) is 2.46. The first kappa shape index (κ1) is 7.32. The molecule has 58 valence electrons. The van der Waals surface area contributed by atoms with Crippen LogP contribution in [0, 0.1) is 11.3 Å². The molecule has 2 rings (SSSR count). The maximum Gasteiger partial charge on any atom is 0.265 e. The molecule has 0 spiro atoms. The lowest BCUT2D eigenvalue weighted by Crippen LogP contribution is -1.72. The normalized spacial score (nSPS) is 10.0. The van der Waals surface area contributed by atoms with E-state index in [1.807, 2.05) is 6.07 Å². The molecule has 0 saturated carbocycles. The van der Waals surface area contributed by atoms with Gasteiger partial charge in [0.15, 0.2) is 5.58 Å². The van der Waals surface area contributed by atoms with Crippen molar-refractivity contribution in [3.05, 3.63) is 28.6 Å². The molecule has 1 aromatic heterocycles. The number of rotatable bonds is 0. The third kappa shape index (κ3) is 1.08. The number of oxazole rings is 1. The summed E-state index contributed by atoms with van der Waals surface area (Å²) in [6.07, 6.45) is 0. The zero-order valence-corrected chi connectivity index (χ0v) is 7.50. The smallest absolute Gasteiger partial charge is 0.265 e. The zero-order valence-electron chi connectivity index (χ0n) is 5.91. The van der Waals surface area contributed by atoms with Crippen molar-refractivity contribution in [1.29, 1.82) is 5.26 Å². The summed E-state index contributed by atoms with van der Waals surface area (Å²) in [5.41, 5.74) is 1.96. The van der Waals surface area contributed by atoms with Crippen molar-refractivity contribution in [3.8, 4) is 6.07 Å². The second-order valence-corrected chi connectivity index (χ2v) is 2.94. The molecule has 0 fully saturated rings. The summed E-state index contributed by atoms with van der Waals surface area (Å²) in [7, 11) is 0. The molecule has 1 aromatic carbocycles. The molecule has 0 unspecified atom stereocenters. The van der Waals surface area contributed by atoms with Crippen molar-refractivity contribution in [3.63, 3.8) is 0 Å². The van der Waals surface area contributed by atoms with Crippen LogP contribution in [0.15, 0.2) is 27.4 Å². The van der Waals surface area contributed by atoms with E-state index in [0.717, 1.165) is 0 Å². The molecule has 2 aromatic rings. The molecule has 0 radical (unpaired) electrons. The maximum absolute atomic E-state index is 8.58. The van der Waals surface area contributed by atoms with E-state index >= 15 is 0 Å². The Balaban J connectivity index is 2.77. The average molecular weight is 223 g/mol. The van der Waals surface area contributed by atoms with E-state index in [4.69, 9.17) is 9.68 Å². The van der Waals surface area contributed by atoms with Gasteiger partial charge in [-0.25, -0.2) is 4.98 Å². The molecule has 0 saturated heterocycles. The van der Waals surface area contributed by atoms with E-state index in [0.29, 0.717) is 21.5 Å². The molecule has 0 amide bonds. The van der Waals surface area contributed by atoms with Crippen LogP contribution in [0.25, 0.3) is 11.1 Å². The lowest BCUT2D eigenvalue weighted by atomic mass is 10.2. The average Bonchev–Trinajstić information content (AvgIpc) is 2.43. The second kappa shape index (κ2) is 2.61. The van der Waals surface area contributed by atoms with Crippen molar-refractivity contribution in [1.82, 2.24) is 4.98 Å².